The van der Waals surface area contributed by atoms with Crippen molar-refractivity contribution in [2.45, 2.75) is 26.9 Å². The summed E-state index contributed by atoms with van der Waals surface area (Å²) in [6.45, 7) is 5.06. The minimum absolute atomic E-state index is 0.275. The molecule has 90 valence electrons. The molecule has 2 heterocycles. The van der Waals surface area contributed by atoms with E-state index in [1.54, 1.807) is 26.8 Å². The van der Waals surface area contributed by atoms with Crippen molar-refractivity contribution in [3.63, 3.8) is 0 Å². The molecular formula is C11H12N2O4. The van der Waals surface area contributed by atoms with Crippen LogP contribution < -0.4 is 0 Å². The third-order valence-corrected chi connectivity index (χ3v) is 2.25. The molecular weight excluding hydrogens is 224 g/mol. The van der Waals surface area contributed by atoms with E-state index in [1.165, 1.54) is 6.26 Å². The fraction of sp³-hybridized carbons (Fsp3) is 0.364. The lowest BCUT2D eigenvalue weighted by molar-refractivity contribution is 0.0263. The molecule has 0 aliphatic rings. The first-order valence-electron chi connectivity index (χ1n) is 5.13. The zero-order chi connectivity index (χ0) is 12.4. The molecule has 0 saturated heterocycles. The molecule has 2 rings (SSSR count). The van der Waals surface area contributed by atoms with Crippen LogP contribution in [-0.2, 0) is 4.74 Å². The maximum Gasteiger partial charge on any atom is 0.342 e. The van der Waals surface area contributed by atoms with E-state index in [0.29, 0.717) is 17.1 Å². The molecule has 1 atom stereocenters. The number of aromatic nitrogens is 2. The number of aryl methyl sites for hydroxylation is 2. The summed E-state index contributed by atoms with van der Waals surface area (Å²) in [6.07, 6.45) is 0.853. The fourth-order valence-electron chi connectivity index (χ4n) is 1.35. The molecule has 0 aromatic carbocycles. The van der Waals surface area contributed by atoms with Gasteiger partial charge in [-0.05, 0) is 26.8 Å². The van der Waals surface area contributed by atoms with Gasteiger partial charge in [0.15, 0.2) is 11.9 Å². The molecule has 17 heavy (non-hydrogen) atoms. The van der Waals surface area contributed by atoms with Crippen LogP contribution in [0.1, 0.15) is 40.9 Å². The van der Waals surface area contributed by atoms with Crippen LogP contribution in [0.2, 0.25) is 0 Å². The van der Waals surface area contributed by atoms with Crippen molar-refractivity contribution in [3.05, 3.63) is 35.4 Å². The van der Waals surface area contributed by atoms with Gasteiger partial charge in [0.05, 0.1) is 6.26 Å². The average Bonchev–Trinajstić information content (AvgIpc) is 2.86. The van der Waals surface area contributed by atoms with Gasteiger partial charge in [-0.1, -0.05) is 5.16 Å². The van der Waals surface area contributed by atoms with Crippen LogP contribution in [0.25, 0.3) is 0 Å². The molecule has 0 saturated carbocycles. The predicted molar refractivity (Wildman–Crippen MR) is 56.3 cm³/mol. The number of rotatable bonds is 3. The van der Waals surface area contributed by atoms with E-state index in [9.17, 15) is 4.79 Å². The first-order chi connectivity index (χ1) is 8.08. The molecule has 1 unspecified atom stereocenters. The van der Waals surface area contributed by atoms with Crippen molar-refractivity contribution in [2.24, 2.45) is 0 Å². The van der Waals surface area contributed by atoms with E-state index in [1.807, 2.05) is 0 Å². The van der Waals surface area contributed by atoms with E-state index in [-0.39, 0.29) is 5.89 Å². The van der Waals surface area contributed by atoms with E-state index in [2.05, 4.69) is 10.1 Å². The Morgan fingerprint density at radius 2 is 2.24 bits per heavy atom. The highest BCUT2D eigenvalue weighted by atomic mass is 16.6. The lowest BCUT2D eigenvalue weighted by atomic mass is 10.2. The Balaban J connectivity index is 2.07. The van der Waals surface area contributed by atoms with Gasteiger partial charge in [-0.15, -0.1) is 0 Å². The third-order valence-electron chi connectivity index (χ3n) is 2.25. The predicted octanol–water partition coefficient (Wildman–Crippen LogP) is 2.20. The zero-order valence-electron chi connectivity index (χ0n) is 9.76. The number of hydrogen-bond acceptors (Lipinski definition) is 6. The standard InChI is InChI=1S/C11H12N2O4/c1-6-9(4-5-15-6)11(14)16-7(2)10-12-8(3)13-17-10/h4-5,7H,1-3H3. The smallest absolute Gasteiger partial charge is 0.342 e. The van der Waals surface area contributed by atoms with E-state index < -0.39 is 12.1 Å². The van der Waals surface area contributed by atoms with E-state index >= 15 is 0 Å². The van der Waals surface area contributed by atoms with Crippen LogP contribution >= 0.6 is 0 Å². The summed E-state index contributed by atoms with van der Waals surface area (Å²) in [5.74, 6) is 0.822. The molecule has 2 aromatic rings. The highest BCUT2D eigenvalue weighted by molar-refractivity contribution is 5.90. The molecule has 0 aliphatic heterocycles. The molecule has 6 nitrogen and oxygen atoms in total. The average molecular weight is 236 g/mol. The zero-order valence-corrected chi connectivity index (χ0v) is 9.76. The maximum absolute atomic E-state index is 11.7. The number of carbonyl (C=O) groups excluding carboxylic acids is 1. The summed E-state index contributed by atoms with van der Waals surface area (Å²) >= 11 is 0. The lowest BCUT2D eigenvalue weighted by Crippen LogP contribution is -2.09. The summed E-state index contributed by atoms with van der Waals surface area (Å²) in [4.78, 5) is 15.7. The van der Waals surface area contributed by atoms with Crippen molar-refractivity contribution in [1.29, 1.82) is 0 Å². The van der Waals surface area contributed by atoms with Crippen LogP contribution in [0.3, 0.4) is 0 Å². The number of furan rings is 1. The number of esters is 1. The molecule has 6 heteroatoms. The van der Waals surface area contributed by atoms with Gasteiger partial charge in [-0.25, -0.2) is 4.79 Å². The third kappa shape index (κ3) is 2.35. The summed E-state index contributed by atoms with van der Waals surface area (Å²) < 4.78 is 15.1. The molecule has 0 amide bonds. The SMILES string of the molecule is Cc1noc(C(C)OC(=O)c2ccoc2C)n1. The highest BCUT2D eigenvalue weighted by Gasteiger charge is 2.20. The summed E-state index contributed by atoms with van der Waals surface area (Å²) in [7, 11) is 0. The fourth-order valence-corrected chi connectivity index (χ4v) is 1.35. The topological polar surface area (TPSA) is 78.4 Å². The first kappa shape index (κ1) is 11.4. The van der Waals surface area contributed by atoms with Crippen molar-refractivity contribution in [3.8, 4) is 0 Å². The quantitative estimate of drug-likeness (QED) is 0.760. The second-order valence-corrected chi connectivity index (χ2v) is 3.62. The Hall–Kier alpha value is -2.11. The number of hydrogen-bond donors (Lipinski definition) is 0. The largest absolute Gasteiger partial charge is 0.469 e. The van der Waals surface area contributed by atoms with Gasteiger partial charge in [-0.2, -0.15) is 4.98 Å². The Morgan fingerprint density at radius 1 is 1.47 bits per heavy atom. The van der Waals surface area contributed by atoms with Crippen LogP contribution in [0, 0.1) is 13.8 Å². The van der Waals surface area contributed by atoms with Gasteiger partial charge in [-0.3, -0.25) is 0 Å². The maximum atomic E-state index is 11.7. The van der Waals surface area contributed by atoms with Crippen molar-refractivity contribution < 1.29 is 18.5 Å². The Bertz CT molecular complexity index is 529. The number of carbonyl (C=O) groups is 1. The number of ether oxygens (including phenoxy) is 1. The molecule has 0 bridgehead atoms. The Kier molecular flexibility index (Phi) is 2.95. The number of nitrogens with zero attached hydrogens (tertiary/aromatic N) is 2. The van der Waals surface area contributed by atoms with Crippen LogP contribution in [0.15, 0.2) is 21.3 Å². The minimum atomic E-state index is -0.585. The summed E-state index contributed by atoms with van der Waals surface area (Å²) in [6, 6.07) is 1.56. The molecule has 0 radical (unpaired) electrons. The van der Waals surface area contributed by atoms with Gasteiger partial charge in [0.25, 0.3) is 5.89 Å². The normalized spacial score (nSPS) is 12.4. The minimum Gasteiger partial charge on any atom is -0.469 e. The van der Waals surface area contributed by atoms with Crippen molar-refractivity contribution in [1.82, 2.24) is 10.1 Å². The Morgan fingerprint density at radius 3 is 2.76 bits per heavy atom. The van der Waals surface area contributed by atoms with Gasteiger partial charge >= 0.3 is 5.97 Å². The Labute approximate surface area is 97.6 Å². The van der Waals surface area contributed by atoms with Crippen molar-refractivity contribution in [2.75, 3.05) is 0 Å². The van der Waals surface area contributed by atoms with Gasteiger partial charge in [0.1, 0.15) is 11.3 Å². The highest BCUT2D eigenvalue weighted by Crippen LogP contribution is 2.18. The lowest BCUT2D eigenvalue weighted by Gasteiger charge is -2.08. The van der Waals surface area contributed by atoms with Crippen LogP contribution in [0.4, 0.5) is 0 Å². The molecule has 0 aliphatic carbocycles. The van der Waals surface area contributed by atoms with Gasteiger partial charge < -0.3 is 13.7 Å². The van der Waals surface area contributed by atoms with Gasteiger partial charge in [0.2, 0.25) is 0 Å². The van der Waals surface area contributed by atoms with E-state index in [4.69, 9.17) is 13.7 Å². The van der Waals surface area contributed by atoms with Crippen LogP contribution in [0.5, 0.6) is 0 Å². The first-order valence-corrected chi connectivity index (χ1v) is 5.13. The van der Waals surface area contributed by atoms with Crippen molar-refractivity contribution >= 4 is 5.97 Å². The second kappa shape index (κ2) is 4.40. The molecule has 2 aromatic heterocycles. The summed E-state index contributed by atoms with van der Waals surface area (Å²) in [5, 5.41) is 3.63. The molecule has 0 fully saturated rings. The monoisotopic (exact) mass is 236 g/mol. The second-order valence-electron chi connectivity index (χ2n) is 3.62. The molecule has 0 spiro atoms. The molecule has 0 N–H and O–H groups in total. The van der Waals surface area contributed by atoms with E-state index in [0.717, 1.165) is 0 Å². The van der Waals surface area contributed by atoms with Crippen LogP contribution in [-0.4, -0.2) is 16.1 Å². The van der Waals surface area contributed by atoms with Gasteiger partial charge in [0, 0.05) is 0 Å². The summed E-state index contributed by atoms with van der Waals surface area (Å²) in [5.41, 5.74) is 0.396.